The Morgan fingerprint density at radius 2 is 1.57 bits per heavy atom. The fraction of sp³-hybridized carbons (Fsp3) is 0.267. The zero-order chi connectivity index (χ0) is 25.0. The number of nitrogens with one attached hydrogen (secondary N) is 1. The van der Waals surface area contributed by atoms with Crippen molar-refractivity contribution < 1.29 is 19.4 Å². The van der Waals surface area contributed by atoms with Gasteiger partial charge < -0.3 is 15.2 Å². The largest absolute Gasteiger partial charge is 0.494 e. The van der Waals surface area contributed by atoms with Crippen LogP contribution in [0.3, 0.4) is 0 Å². The zero-order valence-electron chi connectivity index (χ0n) is 20.2. The summed E-state index contributed by atoms with van der Waals surface area (Å²) in [5, 5.41) is 12.6. The normalized spacial score (nSPS) is 11.5. The second kappa shape index (κ2) is 13.1. The monoisotopic (exact) mass is 471 g/mol. The molecule has 0 spiro atoms. The van der Waals surface area contributed by atoms with Crippen molar-refractivity contribution >= 4 is 23.1 Å². The number of allylic oxidation sites excluding steroid dienone is 1. The minimum atomic E-state index is -0.846. The Labute approximate surface area is 207 Å². The number of carbonyl (C=O) groups is 2. The molecule has 0 fully saturated rings. The fourth-order valence-electron chi connectivity index (χ4n) is 3.77. The number of hydrogen-bond acceptors (Lipinski definition) is 3. The Bertz CT molecular complexity index is 1110. The van der Waals surface area contributed by atoms with E-state index >= 15 is 0 Å². The smallest absolute Gasteiger partial charge is 0.306 e. The molecule has 3 aromatic rings. The molecule has 2 N–H and O–H groups in total. The summed E-state index contributed by atoms with van der Waals surface area (Å²) in [5.74, 6) is -0.640. The van der Waals surface area contributed by atoms with Gasteiger partial charge >= 0.3 is 5.97 Å². The first-order chi connectivity index (χ1) is 17.0. The molecule has 1 amide bonds. The predicted octanol–water partition coefficient (Wildman–Crippen LogP) is 7.06. The van der Waals surface area contributed by atoms with Gasteiger partial charge in [-0.3, -0.25) is 9.59 Å². The number of carbonyl (C=O) groups excluding carboxylic acids is 1. The number of aliphatic carboxylic acids is 1. The average Bonchev–Trinajstić information content (AvgIpc) is 2.88. The summed E-state index contributed by atoms with van der Waals surface area (Å²) in [6, 6.07) is 25.1. The van der Waals surface area contributed by atoms with E-state index in [2.05, 4.69) is 18.8 Å². The molecular weight excluding hydrogens is 438 g/mol. The van der Waals surface area contributed by atoms with E-state index in [1.165, 1.54) is 0 Å². The minimum Gasteiger partial charge on any atom is -0.494 e. The maximum atomic E-state index is 11.9. The quantitative estimate of drug-likeness (QED) is 0.280. The second-order valence-electron chi connectivity index (χ2n) is 8.60. The van der Waals surface area contributed by atoms with Crippen LogP contribution in [0.4, 0.5) is 5.69 Å². The summed E-state index contributed by atoms with van der Waals surface area (Å²) >= 11 is 0. The van der Waals surface area contributed by atoms with Gasteiger partial charge in [0.2, 0.25) is 5.91 Å². The van der Waals surface area contributed by atoms with Gasteiger partial charge in [-0.25, -0.2) is 0 Å². The van der Waals surface area contributed by atoms with Crippen LogP contribution in [0.15, 0.2) is 85.4 Å². The molecule has 1 unspecified atom stereocenters. The Hall–Kier alpha value is -3.86. The van der Waals surface area contributed by atoms with Gasteiger partial charge in [0.05, 0.1) is 12.5 Å². The van der Waals surface area contributed by atoms with Gasteiger partial charge in [0, 0.05) is 12.1 Å². The SMILES string of the molecule is C=C(CC(CCOc1ccccc1)C(=O)O)c1ccc(-c2ccc(NC(=O)CCCC)cc2)cc1. The molecule has 0 aliphatic rings. The van der Waals surface area contributed by atoms with Gasteiger partial charge in [-0.1, -0.05) is 74.5 Å². The number of para-hydroxylation sites is 1. The summed E-state index contributed by atoms with van der Waals surface area (Å²) in [7, 11) is 0. The van der Waals surface area contributed by atoms with E-state index in [-0.39, 0.29) is 5.91 Å². The molecule has 0 radical (unpaired) electrons. The Balaban J connectivity index is 1.55. The van der Waals surface area contributed by atoms with Gasteiger partial charge in [0.1, 0.15) is 5.75 Å². The molecule has 0 saturated heterocycles. The van der Waals surface area contributed by atoms with E-state index in [1.807, 2.05) is 78.9 Å². The van der Waals surface area contributed by atoms with Crippen molar-refractivity contribution in [3.8, 4) is 16.9 Å². The highest BCUT2D eigenvalue weighted by atomic mass is 16.5. The average molecular weight is 472 g/mol. The summed E-state index contributed by atoms with van der Waals surface area (Å²) in [4.78, 5) is 23.7. The third kappa shape index (κ3) is 8.14. The summed E-state index contributed by atoms with van der Waals surface area (Å²) < 4.78 is 5.67. The van der Waals surface area contributed by atoms with Crippen molar-refractivity contribution in [2.24, 2.45) is 5.92 Å². The van der Waals surface area contributed by atoms with Gasteiger partial charge in [0.15, 0.2) is 0 Å². The van der Waals surface area contributed by atoms with Crippen molar-refractivity contribution in [2.45, 2.75) is 39.0 Å². The van der Waals surface area contributed by atoms with Crippen molar-refractivity contribution in [3.05, 3.63) is 91.0 Å². The molecule has 1 atom stereocenters. The van der Waals surface area contributed by atoms with Gasteiger partial charge in [-0.2, -0.15) is 0 Å². The molecule has 5 heteroatoms. The molecule has 3 rings (SSSR count). The lowest BCUT2D eigenvalue weighted by Gasteiger charge is -2.15. The highest BCUT2D eigenvalue weighted by Gasteiger charge is 2.19. The molecule has 182 valence electrons. The molecule has 5 nitrogen and oxygen atoms in total. The minimum absolute atomic E-state index is 0.0359. The highest BCUT2D eigenvalue weighted by Crippen LogP contribution is 2.27. The lowest BCUT2D eigenvalue weighted by molar-refractivity contribution is -0.142. The van der Waals surface area contributed by atoms with E-state index in [0.717, 1.165) is 46.5 Å². The molecule has 0 aromatic heterocycles. The van der Waals surface area contributed by atoms with E-state index in [1.54, 1.807) is 0 Å². The molecule has 0 aliphatic carbocycles. The number of rotatable bonds is 13. The molecule has 3 aromatic carbocycles. The number of benzene rings is 3. The first-order valence-electron chi connectivity index (χ1n) is 12.1. The number of unbranched alkanes of at least 4 members (excludes halogenated alkanes) is 1. The summed E-state index contributed by atoms with van der Waals surface area (Å²) in [6.07, 6.45) is 3.18. The Kier molecular flexibility index (Phi) is 9.67. The van der Waals surface area contributed by atoms with Gasteiger partial charge in [-0.05, 0) is 65.8 Å². The maximum Gasteiger partial charge on any atom is 0.306 e. The number of amides is 1. The number of ether oxygens (including phenoxy) is 1. The van der Waals surface area contributed by atoms with Crippen molar-refractivity contribution in [1.29, 1.82) is 0 Å². The van der Waals surface area contributed by atoms with Crippen LogP contribution in [-0.4, -0.2) is 23.6 Å². The van der Waals surface area contributed by atoms with Crippen LogP contribution in [0, 0.1) is 5.92 Å². The zero-order valence-corrected chi connectivity index (χ0v) is 20.2. The van der Waals surface area contributed by atoms with Crippen molar-refractivity contribution in [1.82, 2.24) is 0 Å². The van der Waals surface area contributed by atoms with E-state index < -0.39 is 11.9 Å². The summed E-state index contributed by atoms with van der Waals surface area (Å²) in [6.45, 7) is 6.53. The van der Waals surface area contributed by atoms with Crippen LogP contribution >= 0.6 is 0 Å². The molecule has 35 heavy (non-hydrogen) atoms. The number of anilines is 1. The molecular formula is C30H33NO4. The van der Waals surface area contributed by atoms with Crippen molar-refractivity contribution in [2.75, 3.05) is 11.9 Å². The third-order valence-corrected chi connectivity index (χ3v) is 5.87. The lowest BCUT2D eigenvalue weighted by Crippen LogP contribution is -2.17. The maximum absolute atomic E-state index is 11.9. The number of hydrogen-bond donors (Lipinski definition) is 2. The lowest BCUT2D eigenvalue weighted by atomic mass is 9.92. The number of carboxylic acids is 1. The van der Waals surface area contributed by atoms with E-state index in [4.69, 9.17) is 4.74 Å². The predicted molar refractivity (Wildman–Crippen MR) is 141 cm³/mol. The van der Waals surface area contributed by atoms with Gasteiger partial charge in [-0.15, -0.1) is 0 Å². The summed E-state index contributed by atoms with van der Waals surface area (Å²) in [5.41, 5.74) is 4.57. The Morgan fingerprint density at radius 3 is 2.17 bits per heavy atom. The van der Waals surface area contributed by atoms with Crippen LogP contribution in [-0.2, 0) is 9.59 Å². The molecule has 0 aliphatic heterocycles. The van der Waals surface area contributed by atoms with E-state index in [0.29, 0.717) is 25.9 Å². The first-order valence-corrected chi connectivity index (χ1v) is 12.1. The first kappa shape index (κ1) is 25.8. The fourth-order valence-corrected chi connectivity index (χ4v) is 3.77. The van der Waals surface area contributed by atoms with Crippen LogP contribution in [0.1, 0.15) is 44.6 Å². The molecule has 0 bridgehead atoms. The van der Waals surface area contributed by atoms with Crippen molar-refractivity contribution in [3.63, 3.8) is 0 Å². The third-order valence-electron chi connectivity index (χ3n) is 5.87. The van der Waals surface area contributed by atoms with Crippen LogP contribution in [0.25, 0.3) is 16.7 Å². The highest BCUT2D eigenvalue weighted by molar-refractivity contribution is 5.91. The standard InChI is InChI=1S/C30H33NO4/c1-3-4-10-29(32)31-27-17-15-25(16-18-27)24-13-11-23(12-14-24)22(2)21-26(30(33)34)19-20-35-28-8-6-5-7-9-28/h5-9,11-18,26H,2-4,10,19-21H2,1H3,(H,31,32)(H,33,34). The molecule has 0 saturated carbocycles. The van der Waals surface area contributed by atoms with E-state index in [9.17, 15) is 14.7 Å². The number of carboxylic acid groups (broad SMARTS) is 1. The molecule has 0 heterocycles. The van der Waals surface area contributed by atoms with Crippen LogP contribution < -0.4 is 10.1 Å². The van der Waals surface area contributed by atoms with Crippen LogP contribution in [0.5, 0.6) is 5.75 Å². The Morgan fingerprint density at radius 1 is 0.943 bits per heavy atom. The van der Waals surface area contributed by atoms with Gasteiger partial charge in [0.25, 0.3) is 0 Å². The van der Waals surface area contributed by atoms with Crippen LogP contribution in [0.2, 0.25) is 0 Å². The topological polar surface area (TPSA) is 75.6 Å². The second-order valence-corrected chi connectivity index (χ2v) is 8.60.